The monoisotopic (exact) mass is 290 g/mol. The van der Waals surface area contributed by atoms with Gasteiger partial charge in [0.1, 0.15) is 5.75 Å². The number of ether oxygens (including phenoxy) is 1. The Labute approximate surface area is 127 Å². The van der Waals surface area contributed by atoms with Gasteiger partial charge in [0.2, 0.25) is 5.91 Å². The van der Waals surface area contributed by atoms with E-state index in [0.29, 0.717) is 12.5 Å². The Kier molecular flexibility index (Phi) is 5.62. The quantitative estimate of drug-likeness (QED) is 0.846. The molecule has 116 valence electrons. The van der Waals surface area contributed by atoms with Crippen molar-refractivity contribution in [3.05, 3.63) is 23.8 Å². The van der Waals surface area contributed by atoms with Crippen molar-refractivity contribution in [1.82, 2.24) is 5.32 Å². The van der Waals surface area contributed by atoms with E-state index >= 15 is 0 Å². The maximum atomic E-state index is 12.1. The molecule has 0 bridgehead atoms. The fourth-order valence-corrected chi connectivity index (χ4v) is 2.38. The lowest BCUT2D eigenvalue weighted by atomic mass is 10.1. The van der Waals surface area contributed by atoms with Gasteiger partial charge in [0, 0.05) is 11.8 Å². The Bertz CT molecular complexity index is 480. The normalized spacial score (nSPS) is 18.0. The number of anilines is 1. The van der Waals surface area contributed by atoms with Crippen LogP contribution in [0.1, 0.15) is 38.7 Å². The lowest BCUT2D eigenvalue weighted by molar-refractivity contribution is -0.117. The van der Waals surface area contributed by atoms with Crippen LogP contribution < -0.4 is 15.4 Å². The third-order valence-corrected chi connectivity index (χ3v) is 3.79. The molecule has 0 aromatic heterocycles. The Morgan fingerprint density at radius 3 is 2.95 bits per heavy atom. The van der Waals surface area contributed by atoms with Gasteiger partial charge >= 0.3 is 0 Å². The SMILES string of the molecule is Cc1ccc(NC(=O)C2CCCN2)cc1OCCC(C)C. The lowest BCUT2D eigenvalue weighted by Gasteiger charge is -2.14. The molecule has 1 saturated heterocycles. The molecule has 0 spiro atoms. The Morgan fingerprint density at radius 1 is 1.48 bits per heavy atom. The van der Waals surface area contributed by atoms with Crippen molar-refractivity contribution in [2.75, 3.05) is 18.5 Å². The van der Waals surface area contributed by atoms with Crippen LogP contribution in [0.15, 0.2) is 18.2 Å². The molecule has 2 rings (SSSR count). The van der Waals surface area contributed by atoms with Crippen LogP contribution in [0, 0.1) is 12.8 Å². The molecule has 0 saturated carbocycles. The number of carbonyl (C=O) groups is 1. The zero-order valence-electron chi connectivity index (χ0n) is 13.2. The number of amides is 1. The molecule has 1 aromatic carbocycles. The average molecular weight is 290 g/mol. The van der Waals surface area contributed by atoms with Crippen molar-refractivity contribution < 1.29 is 9.53 Å². The molecule has 0 aliphatic carbocycles. The number of hydrogen-bond donors (Lipinski definition) is 2. The number of aryl methyl sites for hydroxylation is 1. The van der Waals surface area contributed by atoms with Crippen molar-refractivity contribution in [3.63, 3.8) is 0 Å². The molecule has 1 amide bonds. The highest BCUT2D eigenvalue weighted by Crippen LogP contribution is 2.23. The van der Waals surface area contributed by atoms with Crippen LogP contribution in [-0.4, -0.2) is 25.1 Å². The maximum Gasteiger partial charge on any atom is 0.241 e. The van der Waals surface area contributed by atoms with E-state index in [1.165, 1.54) is 0 Å². The summed E-state index contributed by atoms with van der Waals surface area (Å²) in [5.74, 6) is 1.53. The highest BCUT2D eigenvalue weighted by molar-refractivity contribution is 5.95. The predicted octanol–water partition coefficient (Wildman–Crippen LogP) is 3.11. The summed E-state index contributed by atoms with van der Waals surface area (Å²) in [7, 11) is 0. The first kappa shape index (κ1) is 15.8. The Morgan fingerprint density at radius 2 is 2.29 bits per heavy atom. The highest BCUT2D eigenvalue weighted by Gasteiger charge is 2.22. The molecule has 2 N–H and O–H groups in total. The second kappa shape index (κ2) is 7.46. The van der Waals surface area contributed by atoms with Gasteiger partial charge in [-0.15, -0.1) is 0 Å². The van der Waals surface area contributed by atoms with E-state index in [2.05, 4.69) is 24.5 Å². The van der Waals surface area contributed by atoms with Gasteiger partial charge in [-0.05, 0) is 50.3 Å². The van der Waals surface area contributed by atoms with Gasteiger partial charge in [-0.1, -0.05) is 19.9 Å². The standard InChI is InChI=1S/C17H26N2O2/c1-12(2)8-10-21-16-11-14(7-6-13(16)3)19-17(20)15-5-4-9-18-15/h6-7,11-12,15,18H,4-5,8-10H2,1-3H3,(H,19,20). The number of carbonyl (C=O) groups excluding carboxylic acids is 1. The van der Waals surface area contributed by atoms with Crippen molar-refractivity contribution in [2.45, 2.75) is 46.1 Å². The van der Waals surface area contributed by atoms with Gasteiger partial charge in [0.05, 0.1) is 12.6 Å². The number of benzene rings is 1. The van der Waals surface area contributed by atoms with Crippen LogP contribution in [0.5, 0.6) is 5.75 Å². The number of nitrogens with one attached hydrogen (secondary N) is 2. The zero-order valence-corrected chi connectivity index (χ0v) is 13.2. The third kappa shape index (κ3) is 4.74. The number of hydrogen-bond acceptors (Lipinski definition) is 3. The summed E-state index contributed by atoms with van der Waals surface area (Å²) < 4.78 is 5.83. The minimum Gasteiger partial charge on any atom is -0.493 e. The van der Waals surface area contributed by atoms with Gasteiger partial charge in [0.25, 0.3) is 0 Å². The summed E-state index contributed by atoms with van der Waals surface area (Å²) in [4.78, 5) is 12.1. The summed E-state index contributed by atoms with van der Waals surface area (Å²) in [6.45, 7) is 8.02. The molecule has 1 aliphatic rings. The summed E-state index contributed by atoms with van der Waals surface area (Å²) in [5.41, 5.74) is 1.90. The Balaban J connectivity index is 1.95. The molecular formula is C17H26N2O2. The third-order valence-electron chi connectivity index (χ3n) is 3.79. The molecule has 0 radical (unpaired) electrons. The fraction of sp³-hybridized carbons (Fsp3) is 0.588. The lowest BCUT2D eigenvalue weighted by Crippen LogP contribution is -2.35. The molecule has 1 aliphatic heterocycles. The van der Waals surface area contributed by atoms with E-state index in [4.69, 9.17) is 4.74 Å². The van der Waals surface area contributed by atoms with Crippen LogP contribution in [0.4, 0.5) is 5.69 Å². The smallest absolute Gasteiger partial charge is 0.241 e. The zero-order chi connectivity index (χ0) is 15.2. The first-order chi connectivity index (χ1) is 10.1. The van der Waals surface area contributed by atoms with Crippen LogP contribution in [0.25, 0.3) is 0 Å². The van der Waals surface area contributed by atoms with E-state index in [0.717, 1.165) is 42.8 Å². The van der Waals surface area contributed by atoms with Gasteiger partial charge in [-0.3, -0.25) is 4.79 Å². The van der Waals surface area contributed by atoms with Gasteiger partial charge in [0.15, 0.2) is 0 Å². The highest BCUT2D eigenvalue weighted by atomic mass is 16.5. The van der Waals surface area contributed by atoms with Crippen molar-refractivity contribution in [1.29, 1.82) is 0 Å². The van der Waals surface area contributed by atoms with Crippen LogP contribution in [-0.2, 0) is 4.79 Å². The molecule has 1 unspecified atom stereocenters. The van der Waals surface area contributed by atoms with Crippen LogP contribution in [0.2, 0.25) is 0 Å². The van der Waals surface area contributed by atoms with E-state index in [1.807, 2.05) is 25.1 Å². The topological polar surface area (TPSA) is 50.4 Å². The molecule has 21 heavy (non-hydrogen) atoms. The average Bonchev–Trinajstić information content (AvgIpc) is 2.96. The molecule has 1 aromatic rings. The number of rotatable bonds is 6. The molecule has 1 atom stereocenters. The van der Waals surface area contributed by atoms with Crippen molar-refractivity contribution in [2.24, 2.45) is 5.92 Å². The summed E-state index contributed by atoms with van der Waals surface area (Å²) in [6.07, 6.45) is 3.01. The molecular weight excluding hydrogens is 264 g/mol. The van der Waals surface area contributed by atoms with E-state index < -0.39 is 0 Å². The van der Waals surface area contributed by atoms with Crippen molar-refractivity contribution >= 4 is 11.6 Å². The van der Waals surface area contributed by atoms with Crippen LogP contribution in [0.3, 0.4) is 0 Å². The first-order valence-electron chi connectivity index (χ1n) is 7.84. The largest absolute Gasteiger partial charge is 0.493 e. The minimum atomic E-state index is -0.0587. The maximum absolute atomic E-state index is 12.1. The first-order valence-corrected chi connectivity index (χ1v) is 7.84. The van der Waals surface area contributed by atoms with Gasteiger partial charge < -0.3 is 15.4 Å². The second-order valence-electron chi connectivity index (χ2n) is 6.15. The minimum absolute atomic E-state index is 0.0458. The summed E-state index contributed by atoms with van der Waals surface area (Å²) in [5, 5.41) is 6.18. The van der Waals surface area contributed by atoms with Gasteiger partial charge in [-0.2, -0.15) is 0 Å². The van der Waals surface area contributed by atoms with E-state index in [1.54, 1.807) is 0 Å². The molecule has 1 heterocycles. The van der Waals surface area contributed by atoms with E-state index in [9.17, 15) is 4.79 Å². The molecule has 1 fully saturated rings. The summed E-state index contributed by atoms with van der Waals surface area (Å²) >= 11 is 0. The summed E-state index contributed by atoms with van der Waals surface area (Å²) in [6, 6.07) is 5.78. The predicted molar refractivity (Wildman–Crippen MR) is 85.8 cm³/mol. The van der Waals surface area contributed by atoms with Crippen LogP contribution >= 0.6 is 0 Å². The molecule has 4 nitrogen and oxygen atoms in total. The van der Waals surface area contributed by atoms with E-state index in [-0.39, 0.29) is 11.9 Å². The van der Waals surface area contributed by atoms with Crippen molar-refractivity contribution in [3.8, 4) is 5.75 Å². The Hall–Kier alpha value is -1.55. The fourth-order valence-electron chi connectivity index (χ4n) is 2.38. The second-order valence-corrected chi connectivity index (χ2v) is 6.15. The van der Waals surface area contributed by atoms with Gasteiger partial charge in [-0.25, -0.2) is 0 Å². The molecule has 4 heteroatoms.